The van der Waals surface area contributed by atoms with Crippen LogP contribution in [0.2, 0.25) is 0 Å². The smallest absolute Gasteiger partial charge is 0.305 e. The average molecular weight is 322 g/mol. The first-order chi connectivity index (χ1) is 11.2. The van der Waals surface area contributed by atoms with E-state index < -0.39 is 0 Å². The second-order valence-corrected chi connectivity index (χ2v) is 5.77. The lowest BCUT2D eigenvalue weighted by atomic mass is 10.1. The van der Waals surface area contributed by atoms with Crippen molar-refractivity contribution >= 4 is 5.97 Å². The van der Waals surface area contributed by atoms with Crippen molar-refractivity contribution in [3.8, 4) is 0 Å². The molecule has 0 radical (unpaired) electrons. The van der Waals surface area contributed by atoms with Crippen LogP contribution in [-0.2, 0) is 9.53 Å². The van der Waals surface area contributed by atoms with Gasteiger partial charge in [-0.05, 0) is 26.2 Å². The molecule has 0 rings (SSSR count). The van der Waals surface area contributed by atoms with Crippen LogP contribution < -0.4 is 0 Å². The number of ether oxygens (including phenoxy) is 1. The maximum atomic E-state index is 10.9. The summed E-state index contributed by atoms with van der Waals surface area (Å²) >= 11 is 0. The highest BCUT2D eigenvalue weighted by Crippen LogP contribution is 2.11. The maximum Gasteiger partial charge on any atom is 0.305 e. The van der Waals surface area contributed by atoms with Crippen LogP contribution in [0, 0.1) is 0 Å². The molecular weight excluding hydrogens is 288 g/mol. The highest BCUT2D eigenvalue weighted by molar-refractivity contribution is 5.68. The summed E-state index contributed by atoms with van der Waals surface area (Å²) in [5, 5.41) is 9.82. The number of aliphatic hydroxyl groups is 1. The third-order valence-corrected chi connectivity index (χ3v) is 3.70. The molecule has 0 aromatic rings. The second-order valence-electron chi connectivity index (χ2n) is 5.77. The maximum absolute atomic E-state index is 10.9. The lowest BCUT2D eigenvalue weighted by molar-refractivity contribution is -0.140. The first-order valence-electron chi connectivity index (χ1n) is 8.90. The van der Waals surface area contributed by atoms with Crippen LogP contribution >= 0.6 is 0 Å². The van der Waals surface area contributed by atoms with Gasteiger partial charge in [-0.1, -0.05) is 75.0 Å². The number of hydrogen-bond acceptors (Lipinski definition) is 3. The largest absolute Gasteiger partial charge is 0.469 e. The molecule has 3 nitrogen and oxygen atoms in total. The van der Waals surface area contributed by atoms with E-state index in [1.54, 1.807) is 0 Å². The summed E-state index contributed by atoms with van der Waals surface area (Å²) in [4.78, 5) is 10.9. The van der Waals surface area contributed by atoms with Crippen LogP contribution in [-0.4, -0.2) is 24.3 Å². The summed E-state index contributed by atoms with van der Waals surface area (Å²) in [5.41, 5.74) is 0. The average Bonchev–Trinajstić information content (AvgIpc) is 2.56. The Morgan fingerprint density at radius 2 is 1.65 bits per heavy atom. The Morgan fingerprint density at radius 1 is 1.00 bits per heavy atom. The van der Waals surface area contributed by atoms with Gasteiger partial charge in [0.25, 0.3) is 0 Å². The van der Waals surface area contributed by atoms with Crippen molar-refractivity contribution in [2.45, 2.75) is 77.2 Å². The Hall–Kier alpha value is -1.35. The van der Waals surface area contributed by atoms with Crippen LogP contribution in [0.5, 0.6) is 0 Å². The van der Waals surface area contributed by atoms with Gasteiger partial charge in [-0.2, -0.15) is 0 Å². The van der Waals surface area contributed by atoms with Crippen LogP contribution in [0.15, 0.2) is 36.5 Å². The third-order valence-electron chi connectivity index (χ3n) is 3.70. The number of esters is 1. The summed E-state index contributed by atoms with van der Waals surface area (Å²) < 4.78 is 4.61. The Kier molecular flexibility index (Phi) is 16.0. The molecule has 0 aromatic heterocycles. The van der Waals surface area contributed by atoms with Gasteiger partial charge in [0.1, 0.15) is 0 Å². The standard InChI is InChI=1S/C20H34O3/c1-3-4-5-6-10-13-16-19(21)17-14-11-8-7-9-12-15-18-20(22)23-2/h3-4,6,10,13,16,19,21H,5,7-9,11-12,14-15,17-18H2,1-2H3. The predicted molar refractivity (Wildman–Crippen MR) is 97.3 cm³/mol. The van der Waals surface area contributed by atoms with Crippen LogP contribution in [0.4, 0.5) is 0 Å². The Balaban J connectivity index is 3.38. The zero-order chi connectivity index (χ0) is 17.2. The van der Waals surface area contributed by atoms with Crippen LogP contribution in [0.3, 0.4) is 0 Å². The summed E-state index contributed by atoms with van der Waals surface area (Å²) in [6.45, 7) is 2.01. The summed E-state index contributed by atoms with van der Waals surface area (Å²) in [6.07, 6.45) is 21.8. The number of methoxy groups -OCH3 is 1. The van der Waals surface area contributed by atoms with E-state index in [4.69, 9.17) is 0 Å². The third kappa shape index (κ3) is 16.8. The van der Waals surface area contributed by atoms with E-state index in [0.29, 0.717) is 6.42 Å². The number of unbranched alkanes of at least 4 members (excludes halogenated alkanes) is 6. The van der Waals surface area contributed by atoms with Crippen molar-refractivity contribution in [1.29, 1.82) is 0 Å². The molecule has 132 valence electrons. The molecule has 0 spiro atoms. The second kappa shape index (κ2) is 17.0. The molecule has 1 unspecified atom stereocenters. The summed E-state index contributed by atoms with van der Waals surface area (Å²) in [5.74, 6) is -0.108. The van der Waals surface area contributed by atoms with Gasteiger partial charge in [-0.15, -0.1) is 0 Å². The van der Waals surface area contributed by atoms with Gasteiger partial charge in [0, 0.05) is 6.42 Å². The molecular formula is C20H34O3. The number of aliphatic hydroxyl groups excluding tert-OH is 1. The number of allylic oxidation sites excluding steroid dienone is 5. The zero-order valence-corrected chi connectivity index (χ0v) is 14.9. The van der Waals surface area contributed by atoms with Crippen molar-refractivity contribution in [3.63, 3.8) is 0 Å². The van der Waals surface area contributed by atoms with Crippen LogP contribution in [0.1, 0.15) is 71.1 Å². The molecule has 0 aliphatic heterocycles. The minimum atomic E-state index is -0.332. The van der Waals surface area contributed by atoms with Gasteiger partial charge in [-0.25, -0.2) is 0 Å². The van der Waals surface area contributed by atoms with Crippen molar-refractivity contribution in [1.82, 2.24) is 0 Å². The highest BCUT2D eigenvalue weighted by Gasteiger charge is 2.00. The number of hydrogen-bond donors (Lipinski definition) is 1. The fraction of sp³-hybridized carbons (Fsp3) is 0.650. The highest BCUT2D eigenvalue weighted by atomic mass is 16.5. The topological polar surface area (TPSA) is 46.5 Å². The van der Waals surface area contributed by atoms with Gasteiger partial charge in [0.05, 0.1) is 13.2 Å². The Labute approximate surface area is 142 Å². The van der Waals surface area contributed by atoms with E-state index in [9.17, 15) is 9.90 Å². The number of carbonyl (C=O) groups excluding carboxylic acids is 1. The first kappa shape index (κ1) is 21.6. The van der Waals surface area contributed by atoms with Crippen molar-refractivity contribution in [3.05, 3.63) is 36.5 Å². The molecule has 0 fully saturated rings. The Morgan fingerprint density at radius 3 is 2.30 bits per heavy atom. The monoisotopic (exact) mass is 322 g/mol. The van der Waals surface area contributed by atoms with E-state index in [1.165, 1.54) is 32.8 Å². The van der Waals surface area contributed by atoms with Gasteiger partial charge in [-0.3, -0.25) is 4.79 Å². The van der Waals surface area contributed by atoms with Crippen LogP contribution in [0.25, 0.3) is 0 Å². The van der Waals surface area contributed by atoms with Crippen molar-refractivity contribution in [2.24, 2.45) is 0 Å². The van der Waals surface area contributed by atoms with Crippen molar-refractivity contribution < 1.29 is 14.6 Å². The van der Waals surface area contributed by atoms with E-state index in [1.807, 2.05) is 31.2 Å². The van der Waals surface area contributed by atoms with Gasteiger partial charge < -0.3 is 9.84 Å². The van der Waals surface area contributed by atoms with Gasteiger partial charge in [0.15, 0.2) is 0 Å². The lowest BCUT2D eigenvalue weighted by Gasteiger charge is -2.05. The van der Waals surface area contributed by atoms with E-state index in [0.717, 1.165) is 32.1 Å². The molecule has 0 aromatic carbocycles. The molecule has 0 aliphatic rings. The molecule has 1 N–H and O–H groups in total. The van der Waals surface area contributed by atoms with Crippen molar-refractivity contribution in [2.75, 3.05) is 7.11 Å². The summed E-state index contributed by atoms with van der Waals surface area (Å²) in [6, 6.07) is 0. The van der Waals surface area contributed by atoms with E-state index >= 15 is 0 Å². The van der Waals surface area contributed by atoms with E-state index in [-0.39, 0.29) is 12.1 Å². The molecule has 0 saturated carbocycles. The predicted octanol–water partition coefficient (Wildman–Crippen LogP) is 5.11. The zero-order valence-electron chi connectivity index (χ0n) is 14.9. The molecule has 1 atom stereocenters. The molecule has 0 saturated heterocycles. The molecule has 0 heterocycles. The van der Waals surface area contributed by atoms with E-state index in [2.05, 4.69) is 16.9 Å². The molecule has 23 heavy (non-hydrogen) atoms. The number of carbonyl (C=O) groups is 1. The van der Waals surface area contributed by atoms with Gasteiger partial charge >= 0.3 is 5.97 Å². The normalized spacial score (nSPS) is 13.3. The SMILES string of the molecule is CC=CCC=CC=CC(O)CCCCCCCCCC(=O)OC. The quantitative estimate of drug-likeness (QED) is 0.209. The minimum absolute atomic E-state index is 0.108. The number of rotatable bonds is 14. The molecule has 0 bridgehead atoms. The minimum Gasteiger partial charge on any atom is -0.469 e. The fourth-order valence-corrected chi connectivity index (χ4v) is 2.27. The Bertz CT molecular complexity index is 356. The first-order valence-corrected chi connectivity index (χ1v) is 8.90. The molecule has 0 amide bonds. The lowest BCUT2D eigenvalue weighted by Crippen LogP contribution is -2.01. The fourth-order valence-electron chi connectivity index (χ4n) is 2.27. The summed E-state index contributed by atoms with van der Waals surface area (Å²) in [7, 11) is 1.44. The van der Waals surface area contributed by atoms with Gasteiger partial charge in [0.2, 0.25) is 0 Å². The molecule has 3 heteroatoms. The molecule has 0 aliphatic carbocycles.